The van der Waals surface area contributed by atoms with Crippen molar-refractivity contribution in [2.45, 2.75) is 25.5 Å². The molecule has 2 aromatic heterocycles. The molecule has 0 aliphatic carbocycles. The average Bonchev–Trinajstić information content (AvgIpc) is 3.15. The number of carbonyl (C=O) groups excluding carboxylic acids is 1. The monoisotopic (exact) mass is 400 g/mol. The second kappa shape index (κ2) is 8.96. The number of rotatable bonds is 7. The van der Waals surface area contributed by atoms with Crippen LogP contribution in [-0.4, -0.2) is 33.8 Å². The molecule has 0 saturated heterocycles. The molecule has 0 bridgehead atoms. The van der Waals surface area contributed by atoms with E-state index >= 15 is 0 Å². The van der Waals surface area contributed by atoms with Gasteiger partial charge in [0, 0.05) is 17.1 Å². The smallest absolute Gasteiger partial charge is 0.343 e. The summed E-state index contributed by atoms with van der Waals surface area (Å²) in [4.78, 5) is 25.4. The van der Waals surface area contributed by atoms with Crippen molar-refractivity contribution < 1.29 is 9.53 Å². The molecule has 8 heteroatoms. The number of hydrogen-bond acceptors (Lipinski definition) is 8. The number of thiazole rings is 1. The SMILES string of the molecule is CCOC(=O)c1cnc(SC)nc1NCc1csc(-c2ccccc2C)n1. The summed E-state index contributed by atoms with van der Waals surface area (Å²) in [6.07, 6.45) is 3.39. The third-order valence-electron chi connectivity index (χ3n) is 3.81. The Morgan fingerprint density at radius 3 is 2.85 bits per heavy atom. The van der Waals surface area contributed by atoms with Crippen molar-refractivity contribution in [3.8, 4) is 10.6 Å². The first-order valence-electron chi connectivity index (χ1n) is 8.44. The van der Waals surface area contributed by atoms with Crippen molar-refractivity contribution in [1.29, 1.82) is 0 Å². The van der Waals surface area contributed by atoms with Gasteiger partial charge in [0.15, 0.2) is 5.16 Å². The molecule has 0 saturated carbocycles. The van der Waals surface area contributed by atoms with Crippen molar-refractivity contribution in [3.05, 3.63) is 52.7 Å². The Bertz CT molecular complexity index is 943. The molecule has 0 fully saturated rings. The number of ether oxygens (including phenoxy) is 1. The van der Waals surface area contributed by atoms with Crippen LogP contribution in [0.3, 0.4) is 0 Å². The number of anilines is 1. The van der Waals surface area contributed by atoms with Gasteiger partial charge in [0.05, 0.1) is 18.8 Å². The standard InChI is InChI=1S/C19H20N4O2S2/c1-4-25-18(24)15-10-21-19(26-3)23-16(15)20-9-13-11-27-17(22-13)14-8-6-5-7-12(14)2/h5-8,10-11H,4,9H2,1-3H3,(H,20,21,23). The van der Waals surface area contributed by atoms with Gasteiger partial charge in [-0.2, -0.15) is 0 Å². The van der Waals surface area contributed by atoms with E-state index in [4.69, 9.17) is 9.72 Å². The van der Waals surface area contributed by atoms with Gasteiger partial charge in [0.25, 0.3) is 0 Å². The van der Waals surface area contributed by atoms with E-state index in [-0.39, 0.29) is 0 Å². The van der Waals surface area contributed by atoms with Crippen molar-refractivity contribution in [1.82, 2.24) is 15.0 Å². The summed E-state index contributed by atoms with van der Waals surface area (Å²) in [5.41, 5.74) is 3.53. The highest BCUT2D eigenvalue weighted by molar-refractivity contribution is 7.98. The van der Waals surface area contributed by atoms with Crippen LogP contribution in [0.5, 0.6) is 0 Å². The molecule has 0 aliphatic heterocycles. The molecule has 0 radical (unpaired) electrons. The molecule has 140 valence electrons. The molecule has 0 atom stereocenters. The normalized spacial score (nSPS) is 10.6. The van der Waals surface area contributed by atoms with Gasteiger partial charge in [-0.1, -0.05) is 36.0 Å². The van der Waals surface area contributed by atoms with Crippen LogP contribution in [0.1, 0.15) is 28.5 Å². The Hall–Kier alpha value is -2.45. The molecule has 1 aromatic carbocycles. The van der Waals surface area contributed by atoms with Crippen LogP contribution in [-0.2, 0) is 11.3 Å². The number of aromatic nitrogens is 3. The second-order valence-electron chi connectivity index (χ2n) is 5.65. The average molecular weight is 401 g/mol. The zero-order valence-electron chi connectivity index (χ0n) is 15.4. The maximum atomic E-state index is 12.1. The maximum absolute atomic E-state index is 12.1. The highest BCUT2D eigenvalue weighted by Gasteiger charge is 2.16. The minimum absolute atomic E-state index is 0.300. The molecule has 6 nitrogen and oxygen atoms in total. The molecule has 0 spiro atoms. The lowest BCUT2D eigenvalue weighted by molar-refractivity contribution is 0.0526. The summed E-state index contributed by atoms with van der Waals surface area (Å²) in [5.74, 6) is 0.0183. The number of nitrogens with zero attached hydrogens (tertiary/aromatic N) is 3. The van der Waals surface area contributed by atoms with E-state index in [0.717, 1.165) is 16.3 Å². The predicted molar refractivity (Wildman–Crippen MR) is 109 cm³/mol. The fraction of sp³-hybridized carbons (Fsp3) is 0.263. The maximum Gasteiger partial charge on any atom is 0.343 e. The Kier molecular flexibility index (Phi) is 6.41. The van der Waals surface area contributed by atoms with E-state index in [2.05, 4.69) is 34.3 Å². The van der Waals surface area contributed by atoms with Crippen molar-refractivity contribution in [3.63, 3.8) is 0 Å². The molecule has 0 amide bonds. The van der Waals surface area contributed by atoms with Crippen LogP contribution in [0.25, 0.3) is 10.6 Å². The Balaban J connectivity index is 1.79. The highest BCUT2D eigenvalue weighted by Crippen LogP contribution is 2.27. The van der Waals surface area contributed by atoms with Gasteiger partial charge in [-0.05, 0) is 25.7 Å². The largest absolute Gasteiger partial charge is 0.462 e. The lowest BCUT2D eigenvalue weighted by Gasteiger charge is -2.10. The fourth-order valence-corrected chi connectivity index (χ4v) is 3.71. The minimum atomic E-state index is -0.438. The van der Waals surface area contributed by atoms with Gasteiger partial charge in [-0.3, -0.25) is 0 Å². The van der Waals surface area contributed by atoms with Crippen LogP contribution in [0.15, 0.2) is 41.0 Å². The van der Waals surface area contributed by atoms with Gasteiger partial charge in [0.1, 0.15) is 16.4 Å². The highest BCUT2D eigenvalue weighted by atomic mass is 32.2. The van der Waals surface area contributed by atoms with Crippen LogP contribution in [0.2, 0.25) is 0 Å². The van der Waals surface area contributed by atoms with Crippen LogP contribution in [0, 0.1) is 6.92 Å². The molecule has 27 heavy (non-hydrogen) atoms. The Morgan fingerprint density at radius 1 is 1.30 bits per heavy atom. The summed E-state index contributed by atoms with van der Waals surface area (Å²) >= 11 is 3.01. The summed E-state index contributed by atoms with van der Waals surface area (Å²) in [7, 11) is 0. The van der Waals surface area contributed by atoms with Crippen molar-refractivity contribution >= 4 is 34.9 Å². The number of esters is 1. The molecule has 1 N–H and O–H groups in total. The second-order valence-corrected chi connectivity index (χ2v) is 7.28. The summed E-state index contributed by atoms with van der Waals surface area (Å²) in [5, 5.41) is 6.77. The molecular formula is C19H20N4O2S2. The van der Waals surface area contributed by atoms with Gasteiger partial charge in [0.2, 0.25) is 0 Å². The van der Waals surface area contributed by atoms with Gasteiger partial charge in [-0.25, -0.2) is 19.7 Å². The van der Waals surface area contributed by atoms with Crippen molar-refractivity contribution in [2.75, 3.05) is 18.2 Å². The zero-order valence-corrected chi connectivity index (χ0v) is 17.0. The molecular weight excluding hydrogens is 380 g/mol. The summed E-state index contributed by atoms with van der Waals surface area (Å²) in [6.45, 7) is 4.60. The summed E-state index contributed by atoms with van der Waals surface area (Å²) < 4.78 is 5.09. The topological polar surface area (TPSA) is 77.0 Å². The first kappa shape index (κ1) is 19.3. The fourth-order valence-electron chi connectivity index (χ4n) is 2.46. The number of thioether (sulfide) groups is 1. The molecule has 2 heterocycles. The number of carbonyl (C=O) groups is 1. The van der Waals surface area contributed by atoms with Crippen LogP contribution >= 0.6 is 23.1 Å². The van der Waals surface area contributed by atoms with E-state index in [1.54, 1.807) is 18.3 Å². The molecule has 0 unspecified atom stereocenters. The van der Waals surface area contributed by atoms with E-state index < -0.39 is 5.97 Å². The van der Waals surface area contributed by atoms with Gasteiger partial charge in [-0.15, -0.1) is 11.3 Å². The summed E-state index contributed by atoms with van der Waals surface area (Å²) in [6, 6.07) is 8.17. The number of benzene rings is 1. The molecule has 0 aliphatic rings. The van der Waals surface area contributed by atoms with E-state index in [9.17, 15) is 4.79 Å². The van der Waals surface area contributed by atoms with E-state index in [0.29, 0.717) is 29.7 Å². The predicted octanol–water partition coefficient (Wildman–Crippen LogP) is 4.42. The lowest BCUT2D eigenvalue weighted by Crippen LogP contribution is -2.12. The Labute approximate surface area is 166 Å². The number of aryl methyl sites for hydroxylation is 1. The van der Waals surface area contributed by atoms with Gasteiger partial charge < -0.3 is 10.1 Å². The van der Waals surface area contributed by atoms with Crippen LogP contribution < -0.4 is 5.32 Å². The molecule has 3 aromatic rings. The molecule has 3 rings (SSSR count). The number of hydrogen-bond donors (Lipinski definition) is 1. The van der Waals surface area contributed by atoms with E-state index in [1.807, 2.05) is 23.8 Å². The third kappa shape index (κ3) is 4.64. The number of nitrogens with one attached hydrogen (secondary N) is 1. The first-order chi connectivity index (χ1) is 13.1. The Morgan fingerprint density at radius 2 is 2.11 bits per heavy atom. The first-order valence-corrected chi connectivity index (χ1v) is 10.5. The quantitative estimate of drug-likeness (QED) is 0.357. The lowest BCUT2D eigenvalue weighted by atomic mass is 10.1. The van der Waals surface area contributed by atoms with Crippen molar-refractivity contribution in [2.24, 2.45) is 0 Å². The minimum Gasteiger partial charge on any atom is -0.462 e. The van der Waals surface area contributed by atoms with E-state index in [1.165, 1.54) is 23.5 Å². The zero-order chi connectivity index (χ0) is 19.2. The third-order valence-corrected chi connectivity index (χ3v) is 5.29. The van der Waals surface area contributed by atoms with Crippen LogP contribution in [0.4, 0.5) is 5.82 Å². The van der Waals surface area contributed by atoms with Gasteiger partial charge >= 0.3 is 5.97 Å².